The van der Waals surface area contributed by atoms with Crippen LogP contribution in [0.5, 0.6) is 0 Å². The van der Waals surface area contributed by atoms with Gasteiger partial charge in [0.25, 0.3) is 0 Å². The summed E-state index contributed by atoms with van der Waals surface area (Å²) in [6.45, 7) is 5.38. The van der Waals surface area contributed by atoms with Crippen LogP contribution in [-0.4, -0.2) is 61.4 Å². The molecule has 9 heteroatoms. The summed E-state index contributed by atoms with van der Waals surface area (Å²) in [7, 11) is 0. The van der Waals surface area contributed by atoms with Gasteiger partial charge in [0.05, 0.1) is 10.6 Å². The van der Waals surface area contributed by atoms with E-state index < -0.39 is 23.3 Å². The number of hydrogen-bond donors (Lipinski definition) is 2. The third-order valence-corrected chi connectivity index (χ3v) is 7.07. The van der Waals surface area contributed by atoms with Crippen LogP contribution in [-0.2, 0) is 19.2 Å². The average molecular weight is 417 g/mol. The summed E-state index contributed by atoms with van der Waals surface area (Å²) in [6, 6.07) is -1.57. The van der Waals surface area contributed by atoms with Crippen molar-refractivity contribution in [1.82, 2.24) is 10.2 Å². The van der Waals surface area contributed by atoms with E-state index in [-0.39, 0.29) is 28.2 Å². The molecule has 0 radical (unpaired) electrons. The van der Waals surface area contributed by atoms with E-state index >= 15 is 0 Å². The number of thioether (sulfide) groups is 2. The van der Waals surface area contributed by atoms with Gasteiger partial charge in [-0.2, -0.15) is 0 Å². The molecule has 7 nitrogen and oxygen atoms in total. The number of carbonyl (C=O) groups excluding carboxylic acids is 3. The molecule has 0 aliphatic carbocycles. The summed E-state index contributed by atoms with van der Waals surface area (Å²) < 4.78 is 0. The molecule has 0 saturated carbocycles. The average Bonchev–Trinajstić information content (AvgIpc) is 2.73. The van der Waals surface area contributed by atoms with Gasteiger partial charge in [0.1, 0.15) is 12.1 Å². The minimum Gasteiger partial charge on any atom is -0.480 e. The number of rotatable bonds is 6. The van der Waals surface area contributed by atoms with E-state index in [0.29, 0.717) is 25.0 Å². The van der Waals surface area contributed by atoms with Crippen LogP contribution in [0.3, 0.4) is 0 Å². The lowest BCUT2D eigenvalue weighted by Gasteiger charge is -2.39. The molecule has 0 bridgehead atoms. The van der Waals surface area contributed by atoms with Crippen molar-refractivity contribution in [2.75, 3.05) is 5.75 Å². The molecule has 4 unspecified atom stereocenters. The molecule has 4 atom stereocenters. The first-order valence-electron chi connectivity index (χ1n) is 9.34. The number of fused-ring (bicyclic) bond motifs is 1. The molecule has 2 fully saturated rings. The maximum atomic E-state index is 13.1. The Morgan fingerprint density at radius 2 is 2.00 bits per heavy atom. The maximum Gasteiger partial charge on any atom is 0.326 e. The van der Waals surface area contributed by atoms with Crippen LogP contribution in [0, 0.1) is 5.92 Å². The van der Waals surface area contributed by atoms with Gasteiger partial charge >= 0.3 is 5.97 Å². The number of aliphatic carboxylic acids is 1. The minimum atomic E-state index is -0.995. The maximum absolute atomic E-state index is 13.1. The molecule has 0 aromatic rings. The summed E-state index contributed by atoms with van der Waals surface area (Å²) >= 11 is 2.57. The van der Waals surface area contributed by atoms with Crippen molar-refractivity contribution in [1.29, 1.82) is 0 Å². The Morgan fingerprint density at radius 3 is 2.59 bits per heavy atom. The summed E-state index contributed by atoms with van der Waals surface area (Å²) in [6.07, 6.45) is 3.00. The quantitative estimate of drug-likeness (QED) is 0.683. The van der Waals surface area contributed by atoms with Crippen LogP contribution in [0.15, 0.2) is 0 Å². The molecule has 2 amide bonds. The molecule has 2 aliphatic heterocycles. The Bertz CT molecular complexity index is 598. The fraction of sp³-hybridized carbons (Fsp3) is 0.778. The molecular weight excluding hydrogens is 388 g/mol. The SMILES string of the molecule is CC(=O)SC(CC(C)C)C(=O)NC1CCSC2CCCC(C(=O)O)N2C1=O. The summed E-state index contributed by atoms with van der Waals surface area (Å²) in [5, 5.41) is 11.5. The third-order valence-electron chi connectivity index (χ3n) is 4.73. The van der Waals surface area contributed by atoms with Crippen LogP contribution < -0.4 is 5.32 Å². The van der Waals surface area contributed by atoms with Gasteiger partial charge in [0, 0.05) is 6.92 Å². The molecule has 27 heavy (non-hydrogen) atoms. The molecule has 2 N–H and O–H groups in total. The number of hydrogen-bond acceptors (Lipinski definition) is 6. The van der Waals surface area contributed by atoms with Crippen molar-refractivity contribution in [3.63, 3.8) is 0 Å². The first kappa shape index (κ1) is 22.1. The van der Waals surface area contributed by atoms with Gasteiger partial charge in [-0.05, 0) is 43.8 Å². The number of nitrogens with one attached hydrogen (secondary N) is 1. The van der Waals surface area contributed by atoms with E-state index in [9.17, 15) is 24.3 Å². The van der Waals surface area contributed by atoms with Crippen LogP contribution in [0.4, 0.5) is 0 Å². The lowest BCUT2D eigenvalue weighted by Crippen LogP contribution is -2.57. The summed E-state index contributed by atoms with van der Waals surface area (Å²) in [4.78, 5) is 50.4. The largest absolute Gasteiger partial charge is 0.480 e. The zero-order valence-corrected chi connectivity index (χ0v) is 17.6. The highest BCUT2D eigenvalue weighted by Gasteiger charge is 2.43. The smallest absolute Gasteiger partial charge is 0.326 e. The van der Waals surface area contributed by atoms with Gasteiger partial charge in [-0.15, -0.1) is 11.8 Å². The fourth-order valence-electron chi connectivity index (χ4n) is 3.53. The zero-order chi connectivity index (χ0) is 20.1. The van der Waals surface area contributed by atoms with Crippen molar-refractivity contribution in [3.8, 4) is 0 Å². The second kappa shape index (κ2) is 9.82. The fourth-order valence-corrected chi connectivity index (χ4v) is 5.97. The second-order valence-electron chi connectivity index (χ2n) is 7.43. The van der Waals surface area contributed by atoms with Crippen LogP contribution in [0.25, 0.3) is 0 Å². The monoisotopic (exact) mass is 416 g/mol. The number of carboxylic acid groups (broad SMARTS) is 1. The van der Waals surface area contributed by atoms with Gasteiger partial charge in [-0.1, -0.05) is 25.6 Å². The van der Waals surface area contributed by atoms with Gasteiger partial charge in [0.2, 0.25) is 11.8 Å². The van der Waals surface area contributed by atoms with Gasteiger partial charge in [-0.25, -0.2) is 4.79 Å². The lowest BCUT2D eigenvalue weighted by molar-refractivity contribution is -0.154. The van der Waals surface area contributed by atoms with E-state index in [1.165, 1.54) is 11.8 Å². The van der Waals surface area contributed by atoms with Crippen molar-refractivity contribution < 1.29 is 24.3 Å². The highest BCUT2D eigenvalue weighted by Crippen LogP contribution is 2.34. The van der Waals surface area contributed by atoms with Gasteiger partial charge < -0.3 is 15.3 Å². The van der Waals surface area contributed by atoms with Crippen LogP contribution in [0.2, 0.25) is 0 Å². The number of amides is 2. The van der Waals surface area contributed by atoms with E-state index in [0.717, 1.165) is 24.6 Å². The number of carbonyl (C=O) groups is 4. The molecule has 2 saturated heterocycles. The van der Waals surface area contributed by atoms with E-state index in [4.69, 9.17) is 0 Å². The molecule has 152 valence electrons. The Kier molecular flexibility index (Phi) is 8.03. The van der Waals surface area contributed by atoms with Crippen LogP contribution in [0.1, 0.15) is 52.9 Å². The molecular formula is C18H28N2O5S2. The topological polar surface area (TPSA) is 104 Å². The van der Waals surface area contributed by atoms with Gasteiger partial charge in [-0.3, -0.25) is 14.4 Å². The normalized spacial score (nSPS) is 26.9. The van der Waals surface area contributed by atoms with Crippen molar-refractivity contribution >= 4 is 46.4 Å². The first-order valence-corrected chi connectivity index (χ1v) is 11.3. The number of piperidine rings is 1. The van der Waals surface area contributed by atoms with E-state index in [1.54, 1.807) is 11.8 Å². The zero-order valence-electron chi connectivity index (χ0n) is 16.0. The van der Waals surface area contributed by atoms with E-state index in [2.05, 4.69) is 5.32 Å². The highest BCUT2D eigenvalue weighted by molar-refractivity contribution is 8.14. The minimum absolute atomic E-state index is 0.138. The predicted molar refractivity (Wildman–Crippen MR) is 106 cm³/mol. The number of carboxylic acids is 1. The van der Waals surface area contributed by atoms with Gasteiger partial charge in [0.15, 0.2) is 5.12 Å². The summed E-state index contributed by atoms with van der Waals surface area (Å²) in [5.41, 5.74) is 0. The predicted octanol–water partition coefficient (Wildman–Crippen LogP) is 2.09. The highest BCUT2D eigenvalue weighted by atomic mass is 32.2. The lowest BCUT2D eigenvalue weighted by atomic mass is 10.00. The van der Waals surface area contributed by atoms with Crippen molar-refractivity contribution in [2.24, 2.45) is 5.92 Å². The Labute approximate surface area is 168 Å². The molecule has 0 aromatic heterocycles. The molecule has 0 aromatic carbocycles. The molecule has 0 spiro atoms. The number of nitrogens with zero attached hydrogens (tertiary/aromatic N) is 1. The Morgan fingerprint density at radius 1 is 1.30 bits per heavy atom. The van der Waals surface area contributed by atoms with Crippen LogP contribution >= 0.6 is 23.5 Å². The molecule has 2 rings (SSSR count). The van der Waals surface area contributed by atoms with Crippen molar-refractivity contribution in [3.05, 3.63) is 0 Å². The Balaban J connectivity index is 2.14. The third kappa shape index (κ3) is 5.88. The Hall–Kier alpha value is -1.22. The van der Waals surface area contributed by atoms with Crippen molar-refractivity contribution in [2.45, 2.75) is 75.6 Å². The first-order chi connectivity index (χ1) is 12.7. The second-order valence-corrected chi connectivity index (χ2v) is 10.1. The molecule has 2 heterocycles. The molecule has 2 aliphatic rings. The standard InChI is InChI=1S/C18H28N2O5S2/c1-10(2)9-14(27-11(3)21)16(22)19-12-7-8-26-15-6-4-5-13(18(24)25)20(15)17(12)23/h10,12-15H,4-9H2,1-3H3,(H,19,22)(H,24,25). The summed E-state index contributed by atoms with van der Waals surface area (Å²) in [5.74, 6) is -0.726. The van der Waals surface area contributed by atoms with E-state index in [1.807, 2.05) is 13.8 Å².